The van der Waals surface area contributed by atoms with E-state index in [-0.39, 0.29) is 0 Å². The van der Waals surface area contributed by atoms with Crippen LogP contribution in [0.4, 0.5) is 11.8 Å². The Morgan fingerprint density at radius 2 is 1.93 bits per heavy atom. The Balaban J connectivity index is 1.40. The van der Waals surface area contributed by atoms with Gasteiger partial charge in [-0.05, 0) is 44.7 Å². The summed E-state index contributed by atoms with van der Waals surface area (Å²) in [5.41, 5.74) is 2.90. The summed E-state index contributed by atoms with van der Waals surface area (Å²) in [5, 5.41) is 3.08. The van der Waals surface area contributed by atoms with E-state index in [1.54, 1.807) is 0 Å². The van der Waals surface area contributed by atoms with Crippen LogP contribution in [0.2, 0.25) is 0 Å². The molecule has 2 aliphatic heterocycles. The van der Waals surface area contributed by atoms with Gasteiger partial charge in [-0.25, -0.2) is 4.98 Å². The summed E-state index contributed by atoms with van der Waals surface area (Å²) in [6.45, 7) is 7.90. The van der Waals surface area contributed by atoms with Gasteiger partial charge in [0.25, 0.3) is 0 Å². The number of hydrogen-bond donors (Lipinski definition) is 1. The van der Waals surface area contributed by atoms with E-state index in [0.717, 1.165) is 37.0 Å². The zero-order chi connectivity index (χ0) is 18.7. The number of anilines is 2. The maximum absolute atomic E-state index is 4.70. The van der Waals surface area contributed by atoms with E-state index in [1.165, 1.54) is 44.5 Å². The lowest BCUT2D eigenvalue weighted by atomic mass is 9.79. The van der Waals surface area contributed by atoms with Crippen molar-refractivity contribution in [2.75, 3.05) is 50.0 Å². The van der Waals surface area contributed by atoms with E-state index < -0.39 is 0 Å². The van der Waals surface area contributed by atoms with Gasteiger partial charge >= 0.3 is 0 Å². The van der Waals surface area contributed by atoms with Crippen LogP contribution in [-0.2, 0) is 6.42 Å². The molecule has 2 aliphatic rings. The van der Waals surface area contributed by atoms with Gasteiger partial charge in [0, 0.05) is 50.4 Å². The van der Waals surface area contributed by atoms with E-state index in [4.69, 9.17) is 4.98 Å². The van der Waals surface area contributed by atoms with Gasteiger partial charge in [0.05, 0.1) is 0 Å². The van der Waals surface area contributed by atoms with Crippen molar-refractivity contribution in [1.29, 1.82) is 0 Å². The maximum atomic E-state index is 4.70. The number of likely N-dealkylation sites (tertiary alicyclic amines) is 1. The topological polar surface area (TPSA) is 44.3 Å². The molecular formula is C22H31N5. The fraction of sp³-hybridized carbons (Fsp3) is 0.545. The normalized spacial score (nSPS) is 23.1. The fourth-order valence-electron chi connectivity index (χ4n) is 4.72. The summed E-state index contributed by atoms with van der Waals surface area (Å²) in [4.78, 5) is 14.3. The quantitative estimate of drug-likeness (QED) is 0.880. The molecule has 0 unspecified atom stereocenters. The predicted molar refractivity (Wildman–Crippen MR) is 111 cm³/mol. The van der Waals surface area contributed by atoms with E-state index in [2.05, 4.69) is 56.5 Å². The Kier molecular flexibility index (Phi) is 5.30. The van der Waals surface area contributed by atoms with Crippen molar-refractivity contribution in [2.24, 2.45) is 5.41 Å². The lowest BCUT2D eigenvalue weighted by Crippen LogP contribution is -2.45. The zero-order valence-electron chi connectivity index (χ0n) is 16.6. The molecule has 1 atom stereocenters. The molecule has 0 aliphatic carbocycles. The first-order valence-corrected chi connectivity index (χ1v) is 10.2. The van der Waals surface area contributed by atoms with Crippen molar-refractivity contribution in [1.82, 2.24) is 14.9 Å². The van der Waals surface area contributed by atoms with E-state index in [1.807, 2.05) is 14.0 Å². The van der Waals surface area contributed by atoms with Gasteiger partial charge in [-0.2, -0.15) is 4.98 Å². The molecule has 0 saturated carbocycles. The van der Waals surface area contributed by atoms with Crippen LogP contribution >= 0.6 is 0 Å². The van der Waals surface area contributed by atoms with Crippen LogP contribution in [0, 0.1) is 12.3 Å². The highest BCUT2D eigenvalue weighted by Gasteiger charge is 2.41. The number of nitrogens with zero attached hydrogens (tertiary/aromatic N) is 4. The largest absolute Gasteiger partial charge is 0.357 e. The summed E-state index contributed by atoms with van der Waals surface area (Å²) in [6.07, 6.45) is 5.07. The fourth-order valence-corrected chi connectivity index (χ4v) is 4.72. The summed E-state index contributed by atoms with van der Waals surface area (Å²) < 4.78 is 0. The number of aromatic nitrogens is 2. The van der Waals surface area contributed by atoms with Gasteiger partial charge in [0.1, 0.15) is 5.82 Å². The van der Waals surface area contributed by atoms with Crippen molar-refractivity contribution in [3.8, 4) is 0 Å². The van der Waals surface area contributed by atoms with Crippen LogP contribution in [0.25, 0.3) is 0 Å². The molecule has 3 heterocycles. The van der Waals surface area contributed by atoms with Gasteiger partial charge in [-0.1, -0.05) is 30.3 Å². The lowest BCUT2D eigenvalue weighted by Gasteiger charge is -2.40. The predicted octanol–water partition coefficient (Wildman–Crippen LogP) is 3.36. The van der Waals surface area contributed by atoms with Gasteiger partial charge in [0.15, 0.2) is 0 Å². The minimum absolute atomic E-state index is 0.424. The Labute approximate surface area is 162 Å². The molecule has 1 aromatic heterocycles. The number of nitrogens with one attached hydrogen (secondary N) is 1. The SMILES string of the molecule is CNc1nc(C)cc(N2CC[C@]3(CCCN(CCc4ccccc4)C3)C2)n1. The molecule has 27 heavy (non-hydrogen) atoms. The van der Waals surface area contributed by atoms with Gasteiger partial charge in [0.2, 0.25) is 5.95 Å². The molecule has 2 aromatic rings. The van der Waals surface area contributed by atoms with Crippen molar-refractivity contribution in [3.05, 3.63) is 47.7 Å². The molecule has 1 aromatic carbocycles. The highest BCUT2D eigenvalue weighted by molar-refractivity contribution is 5.46. The maximum Gasteiger partial charge on any atom is 0.224 e. The third-order valence-electron chi connectivity index (χ3n) is 6.13. The molecule has 4 rings (SSSR count). The average Bonchev–Trinajstić information content (AvgIpc) is 3.10. The molecule has 1 spiro atoms. The summed E-state index contributed by atoms with van der Waals surface area (Å²) in [5.74, 6) is 1.80. The number of piperidine rings is 1. The molecule has 2 fully saturated rings. The molecule has 5 heteroatoms. The summed E-state index contributed by atoms with van der Waals surface area (Å²) in [6, 6.07) is 13.0. The van der Waals surface area contributed by atoms with Gasteiger partial charge in [-0.3, -0.25) is 0 Å². The number of aryl methyl sites for hydroxylation is 1. The van der Waals surface area contributed by atoms with Crippen LogP contribution in [0.3, 0.4) is 0 Å². The molecule has 1 N–H and O–H groups in total. The molecule has 0 radical (unpaired) electrons. The average molecular weight is 366 g/mol. The van der Waals surface area contributed by atoms with Gasteiger partial charge < -0.3 is 15.1 Å². The Morgan fingerprint density at radius 1 is 1.07 bits per heavy atom. The van der Waals surface area contributed by atoms with E-state index in [9.17, 15) is 0 Å². The van der Waals surface area contributed by atoms with Crippen molar-refractivity contribution in [2.45, 2.75) is 32.6 Å². The summed E-state index contributed by atoms with van der Waals surface area (Å²) in [7, 11) is 1.88. The van der Waals surface area contributed by atoms with Gasteiger partial charge in [-0.15, -0.1) is 0 Å². The first-order chi connectivity index (χ1) is 13.2. The van der Waals surface area contributed by atoms with Crippen LogP contribution in [0.15, 0.2) is 36.4 Å². The lowest BCUT2D eigenvalue weighted by molar-refractivity contribution is 0.106. The minimum Gasteiger partial charge on any atom is -0.357 e. The molecule has 0 bridgehead atoms. The van der Waals surface area contributed by atoms with Crippen LogP contribution in [0.1, 0.15) is 30.5 Å². The number of rotatable bonds is 5. The number of hydrogen-bond acceptors (Lipinski definition) is 5. The third kappa shape index (κ3) is 4.24. The van der Waals surface area contributed by atoms with Crippen LogP contribution in [0.5, 0.6) is 0 Å². The molecule has 5 nitrogen and oxygen atoms in total. The van der Waals surface area contributed by atoms with Crippen molar-refractivity contribution >= 4 is 11.8 Å². The standard InChI is InChI=1S/C22H31N5/c1-18-15-20(25-21(23-2)24-18)27-14-11-22(17-27)10-6-12-26(16-22)13-9-19-7-4-3-5-8-19/h3-5,7-8,15H,6,9-14,16-17H2,1-2H3,(H,23,24,25)/t22-/m0/s1. The molecule has 0 amide bonds. The Morgan fingerprint density at radius 3 is 2.74 bits per heavy atom. The van der Waals surface area contributed by atoms with E-state index in [0.29, 0.717) is 5.41 Å². The van der Waals surface area contributed by atoms with Crippen LogP contribution in [-0.4, -0.2) is 54.6 Å². The molecular weight excluding hydrogens is 334 g/mol. The Bertz CT molecular complexity index is 763. The van der Waals surface area contributed by atoms with E-state index >= 15 is 0 Å². The second-order valence-electron chi connectivity index (χ2n) is 8.23. The molecule has 144 valence electrons. The monoisotopic (exact) mass is 365 g/mol. The van der Waals surface area contributed by atoms with Crippen LogP contribution < -0.4 is 10.2 Å². The molecule has 2 saturated heterocycles. The Hall–Kier alpha value is -2.14. The first kappa shape index (κ1) is 18.2. The summed E-state index contributed by atoms with van der Waals surface area (Å²) >= 11 is 0. The van der Waals surface area contributed by atoms with Crippen molar-refractivity contribution < 1.29 is 0 Å². The second-order valence-corrected chi connectivity index (χ2v) is 8.23. The number of benzene rings is 1. The first-order valence-electron chi connectivity index (χ1n) is 10.2. The zero-order valence-corrected chi connectivity index (χ0v) is 16.6. The smallest absolute Gasteiger partial charge is 0.224 e. The highest BCUT2D eigenvalue weighted by atomic mass is 15.3. The minimum atomic E-state index is 0.424. The third-order valence-corrected chi connectivity index (χ3v) is 6.13. The van der Waals surface area contributed by atoms with Crippen molar-refractivity contribution in [3.63, 3.8) is 0 Å². The highest BCUT2D eigenvalue weighted by Crippen LogP contribution is 2.40. The second kappa shape index (κ2) is 7.85.